The van der Waals surface area contributed by atoms with Gasteiger partial charge in [-0.15, -0.1) is 0 Å². The van der Waals surface area contributed by atoms with E-state index in [1.54, 1.807) is 18.5 Å². The van der Waals surface area contributed by atoms with Crippen LogP contribution in [-0.4, -0.2) is 24.0 Å². The number of anilines is 1. The second-order valence-corrected chi connectivity index (χ2v) is 7.22. The number of nitrogens with one attached hydrogen (secondary N) is 1. The fourth-order valence-corrected chi connectivity index (χ4v) is 2.96. The minimum atomic E-state index is -3.31. The summed E-state index contributed by atoms with van der Waals surface area (Å²) in [6.07, 6.45) is 0. The van der Waals surface area contributed by atoms with Crippen molar-refractivity contribution in [3.63, 3.8) is 0 Å². The Morgan fingerprint density at radius 3 is 2.57 bits per heavy atom. The number of nitrogens with zero attached hydrogens (tertiary/aromatic N) is 2. The molecule has 0 bridgehead atoms. The zero-order valence-electron chi connectivity index (χ0n) is 12.2. The molecule has 0 aliphatic rings. The van der Waals surface area contributed by atoms with Crippen molar-refractivity contribution < 1.29 is 8.42 Å². The van der Waals surface area contributed by atoms with Crippen molar-refractivity contribution in [2.45, 2.75) is 27.3 Å². The third-order valence-electron chi connectivity index (χ3n) is 3.30. The largest absolute Gasteiger partial charge is 0.280 e. The summed E-state index contributed by atoms with van der Waals surface area (Å²) in [5.41, 5.74) is 2.90. The standard InChI is InChI=1S/C14H18ClN3O2S/c1-4-21(19,20)17-14-10(2)16-18(11(14)3)9-12-7-5-6-8-13(12)15/h5-8,17H,4,9H2,1-3H3. The van der Waals surface area contributed by atoms with E-state index in [-0.39, 0.29) is 5.75 Å². The third kappa shape index (κ3) is 3.57. The first-order chi connectivity index (χ1) is 9.84. The minimum Gasteiger partial charge on any atom is -0.280 e. The molecule has 0 atom stereocenters. The first kappa shape index (κ1) is 15.9. The summed E-state index contributed by atoms with van der Waals surface area (Å²) in [7, 11) is -3.31. The fourth-order valence-electron chi connectivity index (χ4n) is 2.01. The summed E-state index contributed by atoms with van der Waals surface area (Å²) in [6, 6.07) is 7.53. The summed E-state index contributed by atoms with van der Waals surface area (Å²) < 4.78 is 27.8. The van der Waals surface area contributed by atoms with Crippen molar-refractivity contribution in [3.05, 3.63) is 46.2 Å². The maximum atomic E-state index is 11.7. The molecule has 0 saturated carbocycles. The molecule has 0 amide bonds. The van der Waals surface area contributed by atoms with Gasteiger partial charge in [-0.05, 0) is 32.4 Å². The second-order valence-electron chi connectivity index (χ2n) is 4.80. The number of aryl methyl sites for hydroxylation is 1. The molecule has 0 fully saturated rings. The highest BCUT2D eigenvalue weighted by molar-refractivity contribution is 7.92. The van der Waals surface area contributed by atoms with Crippen LogP contribution in [0.3, 0.4) is 0 Å². The van der Waals surface area contributed by atoms with E-state index in [9.17, 15) is 8.42 Å². The molecular formula is C14H18ClN3O2S. The van der Waals surface area contributed by atoms with Crippen LogP contribution in [0.25, 0.3) is 0 Å². The van der Waals surface area contributed by atoms with Crippen LogP contribution in [0, 0.1) is 13.8 Å². The van der Waals surface area contributed by atoms with E-state index in [1.165, 1.54) is 0 Å². The van der Waals surface area contributed by atoms with Gasteiger partial charge in [0.15, 0.2) is 0 Å². The predicted octanol–water partition coefficient (Wildman–Crippen LogP) is 2.96. The van der Waals surface area contributed by atoms with E-state index in [0.29, 0.717) is 22.9 Å². The van der Waals surface area contributed by atoms with Crippen molar-refractivity contribution in [1.82, 2.24) is 9.78 Å². The van der Waals surface area contributed by atoms with Gasteiger partial charge in [0, 0.05) is 5.02 Å². The highest BCUT2D eigenvalue weighted by Gasteiger charge is 2.17. The molecule has 1 heterocycles. The molecule has 21 heavy (non-hydrogen) atoms. The monoisotopic (exact) mass is 327 g/mol. The van der Waals surface area contributed by atoms with Crippen LogP contribution in [0.5, 0.6) is 0 Å². The lowest BCUT2D eigenvalue weighted by molar-refractivity contribution is 0.602. The fraction of sp³-hybridized carbons (Fsp3) is 0.357. The van der Waals surface area contributed by atoms with Gasteiger partial charge in [0.05, 0.1) is 29.4 Å². The Hall–Kier alpha value is -1.53. The smallest absolute Gasteiger partial charge is 0.232 e. The average Bonchev–Trinajstić information content (AvgIpc) is 2.69. The number of sulfonamides is 1. The Labute approximate surface area is 130 Å². The minimum absolute atomic E-state index is 0.0293. The summed E-state index contributed by atoms with van der Waals surface area (Å²) in [5, 5.41) is 5.06. The summed E-state index contributed by atoms with van der Waals surface area (Å²) >= 11 is 6.15. The molecule has 0 spiro atoms. The molecular weight excluding hydrogens is 310 g/mol. The van der Waals surface area contributed by atoms with Crippen molar-refractivity contribution in [3.8, 4) is 0 Å². The first-order valence-electron chi connectivity index (χ1n) is 6.62. The molecule has 2 rings (SSSR count). The molecule has 0 aliphatic carbocycles. The number of aromatic nitrogens is 2. The van der Waals surface area contributed by atoms with Gasteiger partial charge in [0.25, 0.3) is 0 Å². The molecule has 1 aromatic heterocycles. The summed E-state index contributed by atoms with van der Waals surface area (Å²) in [6.45, 7) is 5.72. The van der Waals surface area contributed by atoms with E-state index < -0.39 is 10.0 Å². The highest BCUT2D eigenvalue weighted by atomic mass is 35.5. The lowest BCUT2D eigenvalue weighted by Gasteiger charge is -2.08. The van der Waals surface area contributed by atoms with E-state index >= 15 is 0 Å². The van der Waals surface area contributed by atoms with Crippen molar-refractivity contribution in [1.29, 1.82) is 0 Å². The SMILES string of the molecule is CCS(=O)(=O)Nc1c(C)nn(Cc2ccccc2Cl)c1C. The molecule has 1 aromatic carbocycles. The predicted molar refractivity (Wildman–Crippen MR) is 85.3 cm³/mol. The first-order valence-corrected chi connectivity index (χ1v) is 8.65. The van der Waals surface area contributed by atoms with Crippen LogP contribution in [-0.2, 0) is 16.6 Å². The van der Waals surface area contributed by atoms with Gasteiger partial charge in [0.1, 0.15) is 0 Å². The summed E-state index contributed by atoms with van der Waals surface area (Å²) in [4.78, 5) is 0. The quantitative estimate of drug-likeness (QED) is 0.918. The van der Waals surface area contributed by atoms with E-state index in [2.05, 4.69) is 9.82 Å². The number of halogens is 1. The number of benzene rings is 1. The van der Waals surface area contributed by atoms with E-state index in [1.807, 2.05) is 31.2 Å². The van der Waals surface area contributed by atoms with Gasteiger partial charge in [-0.1, -0.05) is 29.8 Å². The molecule has 0 unspecified atom stereocenters. The van der Waals surface area contributed by atoms with Gasteiger partial charge in [-0.3, -0.25) is 9.40 Å². The molecule has 114 valence electrons. The van der Waals surface area contributed by atoms with Gasteiger partial charge in [0.2, 0.25) is 10.0 Å². The summed E-state index contributed by atoms with van der Waals surface area (Å²) in [5.74, 6) is 0.0293. The van der Waals surface area contributed by atoms with Gasteiger partial charge < -0.3 is 0 Å². The molecule has 1 N–H and O–H groups in total. The topological polar surface area (TPSA) is 64.0 Å². The molecule has 5 nitrogen and oxygen atoms in total. The maximum absolute atomic E-state index is 11.7. The molecule has 2 aromatic rings. The Bertz CT molecular complexity index is 754. The van der Waals surface area contributed by atoms with Gasteiger partial charge in [-0.2, -0.15) is 5.10 Å². The lowest BCUT2D eigenvalue weighted by Crippen LogP contribution is -2.15. The Morgan fingerprint density at radius 2 is 1.95 bits per heavy atom. The zero-order valence-corrected chi connectivity index (χ0v) is 13.8. The van der Waals surface area contributed by atoms with Crippen LogP contribution in [0.4, 0.5) is 5.69 Å². The van der Waals surface area contributed by atoms with Gasteiger partial charge >= 0.3 is 0 Å². The molecule has 0 saturated heterocycles. The van der Waals surface area contributed by atoms with Crippen molar-refractivity contribution in [2.24, 2.45) is 0 Å². The Morgan fingerprint density at radius 1 is 1.29 bits per heavy atom. The number of rotatable bonds is 5. The van der Waals surface area contributed by atoms with Crippen LogP contribution in [0.2, 0.25) is 5.02 Å². The van der Waals surface area contributed by atoms with E-state index in [0.717, 1.165) is 11.3 Å². The third-order valence-corrected chi connectivity index (χ3v) is 4.94. The highest BCUT2D eigenvalue weighted by Crippen LogP contribution is 2.23. The van der Waals surface area contributed by atoms with Crippen LogP contribution in [0.15, 0.2) is 24.3 Å². The van der Waals surface area contributed by atoms with E-state index in [4.69, 9.17) is 11.6 Å². The number of hydrogen-bond donors (Lipinski definition) is 1. The van der Waals surface area contributed by atoms with Crippen LogP contribution >= 0.6 is 11.6 Å². The van der Waals surface area contributed by atoms with Crippen molar-refractivity contribution in [2.75, 3.05) is 10.5 Å². The maximum Gasteiger partial charge on any atom is 0.232 e. The Kier molecular flexibility index (Phi) is 4.58. The normalized spacial score (nSPS) is 11.6. The average molecular weight is 328 g/mol. The van der Waals surface area contributed by atoms with Crippen LogP contribution in [0.1, 0.15) is 23.9 Å². The number of hydrogen-bond acceptors (Lipinski definition) is 3. The Balaban J connectivity index is 2.34. The molecule has 7 heteroatoms. The van der Waals surface area contributed by atoms with Gasteiger partial charge in [-0.25, -0.2) is 8.42 Å². The molecule has 0 radical (unpaired) electrons. The second kappa shape index (κ2) is 6.07. The lowest BCUT2D eigenvalue weighted by atomic mass is 10.2. The van der Waals surface area contributed by atoms with Crippen LogP contribution < -0.4 is 4.72 Å². The molecule has 0 aliphatic heterocycles. The van der Waals surface area contributed by atoms with Crippen molar-refractivity contribution >= 4 is 27.3 Å². The zero-order chi connectivity index (χ0) is 15.6.